The molecule has 1 unspecified atom stereocenters. The molecule has 0 fully saturated rings. The fourth-order valence-electron chi connectivity index (χ4n) is 2.67. The molecule has 0 spiro atoms. The van der Waals surface area contributed by atoms with E-state index in [2.05, 4.69) is 27.7 Å². The van der Waals surface area contributed by atoms with Gasteiger partial charge in [-0.15, -0.1) is 24.0 Å². The molecule has 0 bridgehead atoms. The zero-order valence-electron chi connectivity index (χ0n) is 16.8. The van der Waals surface area contributed by atoms with Crippen molar-refractivity contribution in [3.63, 3.8) is 0 Å². The number of aliphatic imine (C=N–C) groups is 1. The molecule has 27 heavy (non-hydrogen) atoms. The van der Waals surface area contributed by atoms with Crippen LogP contribution in [-0.2, 0) is 6.42 Å². The molecule has 0 aliphatic heterocycles. The number of para-hydroxylation sites is 1. The Morgan fingerprint density at radius 3 is 2.59 bits per heavy atom. The molecule has 1 atom stereocenters. The van der Waals surface area contributed by atoms with Gasteiger partial charge >= 0.3 is 0 Å². The summed E-state index contributed by atoms with van der Waals surface area (Å²) in [5, 5.41) is 10.6. The maximum Gasteiger partial charge on any atom is 0.191 e. The third-order valence-corrected chi connectivity index (χ3v) is 4.12. The molecule has 0 aliphatic carbocycles. The molecule has 7 heteroatoms. The van der Waals surface area contributed by atoms with Gasteiger partial charge in [-0.1, -0.05) is 23.4 Å². The fraction of sp³-hybridized carbons (Fsp3) is 0.500. The normalized spacial score (nSPS) is 12.3. The summed E-state index contributed by atoms with van der Waals surface area (Å²) in [6.45, 7) is 12.2. The molecule has 1 heterocycles. The van der Waals surface area contributed by atoms with Crippen molar-refractivity contribution in [3.05, 3.63) is 46.8 Å². The number of rotatable bonds is 8. The third-order valence-electron chi connectivity index (χ3n) is 4.12. The Morgan fingerprint density at radius 2 is 1.96 bits per heavy atom. The van der Waals surface area contributed by atoms with Gasteiger partial charge in [-0.2, -0.15) is 0 Å². The van der Waals surface area contributed by atoms with Crippen molar-refractivity contribution in [1.82, 2.24) is 15.8 Å². The molecule has 6 nitrogen and oxygen atoms in total. The average Bonchev–Trinajstić information content (AvgIpc) is 2.93. The molecule has 0 saturated heterocycles. The van der Waals surface area contributed by atoms with Gasteiger partial charge in [-0.05, 0) is 52.7 Å². The van der Waals surface area contributed by atoms with Gasteiger partial charge < -0.3 is 19.9 Å². The van der Waals surface area contributed by atoms with Crippen LogP contribution in [0.5, 0.6) is 5.75 Å². The molecule has 1 aromatic heterocycles. The van der Waals surface area contributed by atoms with Crippen molar-refractivity contribution in [3.8, 4) is 5.75 Å². The summed E-state index contributed by atoms with van der Waals surface area (Å²) < 4.78 is 11.2. The van der Waals surface area contributed by atoms with Gasteiger partial charge in [0.25, 0.3) is 0 Å². The Hall–Kier alpha value is -1.77. The van der Waals surface area contributed by atoms with E-state index in [1.54, 1.807) is 0 Å². The lowest BCUT2D eigenvalue weighted by Crippen LogP contribution is -2.39. The number of guanidine groups is 1. The average molecular weight is 486 g/mol. The minimum atomic E-state index is -0.00545. The van der Waals surface area contributed by atoms with Gasteiger partial charge in [-0.3, -0.25) is 0 Å². The van der Waals surface area contributed by atoms with Crippen LogP contribution in [0.3, 0.4) is 0 Å². The molecule has 2 rings (SSSR count). The molecular formula is C20H31IN4O2. The van der Waals surface area contributed by atoms with Crippen LogP contribution in [0.4, 0.5) is 0 Å². The van der Waals surface area contributed by atoms with Crippen molar-refractivity contribution < 1.29 is 9.26 Å². The number of halogens is 1. The van der Waals surface area contributed by atoms with E-state index in [1.165, 1.54) is 0 Å². The van der Waals surface area contributed by atoms with Gasteiger partial charge in [0.05, 0.1) is 12.2 Å². The minimum absolute atomic E-state index is 0. The van der Waals surface area contributed by atoms with E-state index < -0.39 is 0 Å². The van der Waals surface area contributed by atoms with E-state index in [0.29, 0.717) is 6.54 Å². The highest BCUT2D eigenvalue weighted by Crippen LogP contribution is 2.17. The number of hydrogen-bond donors (Lipinski definition) is 2. The summed E-state index contributed by atoms with van der Waals surface area (Å²) in [4.78, 5) is 4.63. The number of aryl methyl sites for hydroxylation is 3. The van der Waals surface area contributed by atoms with Gasteiger partial charge in [-0.25, -0.2) is 4.99 Å². The highest BCUT2D eigenvalue weighted by molar-refractivity contribution is 14.0. The van der Waals surface area contributed by atoms with Crippen molar-refractivity contribution in [2.24, 2.45) is 4.99 Å². The maximum atomic E-state index is 5.99. The smallest absolute Gasteiger partial charge is 0.191 e. The standard InChI is InChI=1S/C20H30N4O2.HI/c1-6-21-20(22-12-11-18-16(4)24-26-17(18)5)23-13-15(3)25-19-10-8-7-9-14(19)2;/h7-10,15H,6,11-13H2,1-5H3,(H2,21,22,23);1H. The predicted octanol–water partition coefficient (Wildman–Crippen LogP) is 3.78. The Morgan fingerprint density at radius 1 is 1.22 bits per heavy atom. The molecule has 1 aromatic carbocycles. The summed E-state index contributed by atoms with van der Waals surface area (Å²) >= 11 is 0. The molecule has 2 N–H and O–H groups in total. The highest BCUT2D eigenvalue weighted by Gasteiger charge is 2.09. The first-order valence-electron chi connectivity index (χ1n) is 9.17. The van der Waals surface area contributed by atoms with Crippen LogP contribution < -0.4 is 15.4 Å². The Bertz CT molecular complexity index is 711. The summed E-state index contributed by atoms with van der Waals surface area (Å²) in [5.41, 5.74) is 3.24. The number of nitrogens with zero attached hydrogens (tertiary/aromatic N) is 2. The van der Waals surface area contributed by atoms with Gasteiger partial charge in [0.1, 0.15) is 17.6 Å². The first-order valence-corrected chi connectivity index (χ1v) is 9.17. The topological polar surface area (TPSA) is 71.7 Å². The Labute approximate surface area is 179 Å². The van der Waals surface area contributed by atoms with Crippen molar-refractivity contribution in [2.45, 2.75) is 47.1 Å². The van der Waals surface area contributed by atoms with E-state index in [1.807, 2.05) is 52.0 Å². The molecule has 0 aliphatic rings. The van der Waals surface area contributed by atoms with E-state index in [-0.39, 0.29) is 30.1 Å². The molecular weight excluding hydrogens is 455 g/mol. The lowest BCUT2D eigenvalue weighted by Gasteiger charge is -2.16. The maximum absolute atomic E-state index is 5.99. The van der Waals surface area contributed by atoms with E-state index in [4.69, 9.17) is 9.26 Å². The number of aromatic nitrogens is 1. The number of hydrogen-bond acceptors (Lipinski definition) is 4. The summed E-state index contributed by atoms with van der Waals surface area (Å²) in [5.74, 6) is 2.58. The highest BCUT2D eigenvalue weighted by atomic mass is 127. The largest absolute Gasteiger partial charge is 0.489 e. The Kier molecular flexibility index (Phi) is 10.2. The lowest BCUT2D eigenvalue weighted by atomic mass is 10.1. The summed E-state index contributed by atoms with van der Waals surface area (Å²) in [6.07, 6.45) is 0.843. The van der Waals surface area contributed by atoms with Gasteiger partial charge in [0, 0.05) is 18.7 Å². The fourth-order valence-corrected chi connectivity index (χ4v) is 2.67. The van der Waals surface area contributed by atoms with Crippen LogP contribution >= 0.6 is 24.0 Å². The molecule has 0 radical (unpaired) electrons. The van der Waals surface area contributed by atoms with Crippen LogP contribution in [0.15, 0.2) is 33.8 Å². The van der Waals surface area contributed by atoms with Gasteiger partial charge in [0.2, 0.25) is 0 Å². The van der Waals surface area contributed by atoms with E-state index in [9.17, 15) is 0 Å². The van der Waals surface area contributed by atoms with Crippen molar-refractivity contribution in [2.75, 3.05) is 19.6 Å². The molecule has 0 saturated carbocycles. The van der Waals surface area contributed by atoms with Crippen molar-refractivity contribution >= 4 is 29.9 Å². The molecule has 150 valence electrons. The first-order chi connectivity index (χ1) is 12.5. The first kappa shape index (κ1) is 23.3. The van der Waals surface area contributed by atoms with E-state index in [0.717, 1.165) is 53.8 Å². The second-order valence-corrected chi connectivity index (χ2v) is 6.39. The lowest BCUT2D eigenvalue weighted by molar-refractivity contribution is 0.228. The van der Waals surface area contributed by atoms with Crippen LogP contribution in [0.1, 0.15) is 36.4 Å². The van der Waals surface area contributed by atoms with Crippen LogP contribution in [0.2, 0.25) is 0 Å². The van der Waals surface area contributed by atoms with Crippen LogP contribution in [0.25, 0.3) is 0 Å². The molecule has 2 aromatic rings. The number of ether oxygens (including phenoxy) is 1. The predicted molar refractivity (Wildman–Crippen MR) is 120 cm³/mol. The number of nitrogens with one attached hydrogen (secondary N) is 2. The van der Waals surface area contributed by atoms with Crippen molar-refractivity contribution in [1.29, 1.82) is 0 Å². The zero-order chi connectivity index (χ0) is 18.9. The van der Waals surface area contributed by atoms with Crippen LogP contribution in [-0.4, -0.2) is 36.9 Å². The quantitative estimate of drug-likeness (QED) is 0.338. The minimum Gasteiger partial charge on any atom is -0.489 e. The van der Waals surface area contributed by atoms with E-state index >= 15 is 0 Å². The summed E-state index contributed by atoms with van der Waals surface area (Å²) in [7, 11) is 0. The van der Waals surface area contributed by atoms with Crippen LogP contribution in [0, 0.1) is 20.8 Å². The zero-order valence-corrected chi connectivity index (χ0v) is 19.2. The third kappa shape index (κ3) is 7.40. The Balaban J connectivity index is 0.00000364. The molecule has 0 amide bonds. The number of benzene rings is 1. The second kappa shape index (κ2) is 11.8. The SMILES string of the molecule is CCNC(=NCC(C)Oc1ccccc1C)NCCc1c(C)noc1C.I. The summed E-state index contributed by atoms with van der Waals surface area (Å²) in [6, 6.07) is 8.03. The monoisotopic (exact) mass is 486 g/mol. The second-order valence-electron chi connectivity index (χ2n) is 6.39. The van der Waals surface area contributed by atoms with Gasteiger partial charge in [0.15, 0.2) is 5.96 Å².